The summed E-state index contributed by atoms with van der Waals surface area (Å²) >= 11 is 7.46. The number of hydrogen-bond donors (Lipinski definition) is 3. The highest BCUT2D eigenvalue weighted by atomic mass is 35.5. The van der Waals surface area contributed by atoms with E-state index in [0.717, 1.165) is 5.56 Å². The van der Waals surface area contributed by atoms with Crippen LogP contribution in [0.25, 0.3) is 0 Å². The monoisotopic (exact) mass is 470 g/mol. The summed E-state index contributed by atoms with van der Waals surface area (Å²) in [4.78, 5) is 45.0. The van der Waals surface area contributed by atoms with Crippen LogP contribution in [0.4, 0.5) is 11.5 Å². The van der Waals surface area contributed by atoms with Crippen LogP contribution < -0.4 is 20.9 Å². The average molecular weight is 471 g/mol. The van der Waals surface area contributed by atoms with Crippen LogP contribution in [0.2, 0.25) is 5.02 Å². The molecular formula is C22H19ClN4O4S. The van der Waals surface area contributed by atoms with Crippen molar-refractivity contribution in [2.75, 3.05) is 17.7 Å². The van der Waals surface area contributed by atoms with Gasteiger partial charge in [0.05, 0.1) is 18.6 Å². The number of carbonyl (C=O) groups excluding carboxylic acids is 2. The predicted octanol–water partition coefficient (Wildman–Crippen LogP) is 3.79. The van der Waals surface area contributed by atoms with Crippen molar-refractivity contribution in [2.24, 2.45) is 0 Å². The van der Waals surface area contributed by atoms with Crippen molar-refractivity contribution in [2.45, 2.75) is 23.2 Å². The van der Waals surface area contributed by atoms with Crippen LogP contribution >= 0.6 is 23.4 Å². The molecule has 2 aromatic carbocycles. The van der Waals surface area contributed by atoms with Crippen molar-refractivity contribution >= 4 is 46.7 Å². The SMILES string of the molecule is COc1ccc(NC(=O)[C@@H]2CC(=O)Nc3nc(SCc4ccccc4Cl)[nH]c(=O)c32)cc1. The number of rotatable bonds is 6. The molecule has 3 N–H and O–H groups in total. The molecule has 4 rings (SSSR count). The Morgan fingerprint density at radius 2 is 1.97 bits per heavy atom. The van der Waals surface area contributed by atoms with Gasteiger partial charge >= 0.3 is 0 Å². The number of methoxy groups -OCH3 is 1. The van der Waals surface area contributed by atoms with Gasteiger partial charge in [0, 0.05) is 22.9 Å². The van der Waals surface area contributed by atoms with Gasteiger partial charge in [-0.15, -0.1) is 0 Å². The number of nitrogens with one attached hydrogen (secondary N) is 3. The quantitative estimate of drug-likeness (QED) is 0.373. The molecule has 0 aliphatic carbocycles. The van der Waals surface area contributed by atoms with E-state index >= 15 is 0 Å². The summed E-state index contributed by atoms with van der Waals surface area (Å²) in [6.07, 6.45) is -0.147. The van der Waals surface area contributed by atoms with E-state index in [9.17, 15) is 14.4 Å². The summed E-state index contributed by atoms with van der Waals surface area (Å²) < 4.78 is 5.10. The van der Waals surface area contributed by atoms with Gasteiger partial charge in [0.15, 0.2) is 5.16 Å². The molecule has 164 valence electrons. The van der Waals surface area contributed by atoms with E-state index in [2.05, 4.69) is 20.6 Å². The number of carbonyl (C=O) groups is 2. The van der Waals surface area contributed by atoms with E-state index in [1.54, 1.807) is 37.4 Å². The molecular weight excluding hydrogens is 452 g/mol. The summed E-state index contributed by atoms with van der Waals surface area (Å²) in [5.74, 6) is -0.576. The fraction of sp³-hybridized carbons (Fsp3) is 0.182. The van der Waals surface area contributed by atoms with Gasteiger partial charge in [-0.05, 0) is 35.9 Å². The van der Waals surface area contributed by atoms with Crippen LogP contribution in [0, 0.1) is 0 Å². The van der Waals surface area contributed by atoms with Crippen LogP contribution in [0.1, 0.15) is 23.5 Å². The highest BCUT2D eigenvalue weighted by molar-refractivity contribution is 7.98. The minimum Gasteiger partial charge on any atom is -0.497 e. The molecule has 0 spiro atoms. The molecule has 0 saturated carbocycles. The number of benzene rings is 2. The van der Waals surface area contributed by atoms with Gasteiger partial charge in [0.25, 0.3) is 5.56 Å². The van der Waals surface area contributed by atoms with Gasteiger partial charge in [-0.25, -0.2) is 4.98 Å². The summed E-state index contributed by atoms with van der Waals surface area (Å²) in [6, 6.07) is 14.1. The first-order valence-electron chi connectivity index (χ1n) is 9.70. The minimum atomic E-state index is -0.959. The zero-order valence-electron chi connectivity index (χ0n) is 17.0. The number of amides is 2. The number of H-pyrrole nitrogens is 1. The smallest absolute Gasteiger partial charge is 0.257 e. The van der Waals surface area contributed by atoms with Crippen LogP contribution in [0.5, 0.6) is 5.75 Å². The number of nitrogens with zero attached hydrogens (tertiary/aromatic N) is 1. The standard InChI is InChI=1S/C22H19ClN4O4S/c1-31-14-8-6-13(7-9-14)24-20(29)15-10-17(28)25-19-18(15)21(30)27-22(26-19)32-11-12-4-2-3-5-16(12)23/h2-9,15H,10-11H2,1H3,(H,24,29)(H2,25,26,27,28,30)/t15-/m1/s1. The number of ether oxygens (including phenoxy) is 1. The number of anilines is 2. The van der Waals surface area contributed by atoms with Crippen LogP contribution in [-0.4, -0.2) is 28.9 Å². The maximum atomic E-state index is 12.9. The second-order valence-electron chi connectivity index (χ2n) is 7.04. The first-order chi connectivity index (χ1) is 15.4. The predicted molar refractivity (Wildman–Crippen MR) is 123 cm³/mol. The lowest BCUT2D eigenvalue weighted by Gasteiger charge is -2.23. The minimum absolute atomic E-state index is 0.0986. The second-order valence-corrected chi connectivity index (χ2v) is 8.41. The summed E-state index contributed by atoms with van der Waals surface area (Å²) in [6.45, 7) is 0. The van der Waals surface area contributed by atoms with E-state index in [4.69, 9.17) is 16.3 Å². The molecule has 2 heterocycles. The van der Waals surface area contributed by atoms with Gasteiger partial charge in [-0.1, -0.05) is 41.6 Å². The van der Waals surface area contributed by atoms with E-state index in [1.807, 2.05) is 18.2 Å². The van der Waals surface area contributed by atoms with E-state index < -0.39 is 17.4 Å². The highest BCUT2D eigenvalue weighted by Gasteiger charge is 2.34. The lowest BCUT2D eigenvalue weighted by atomic mass is 9.92. The van der Waals surface area contributed by atoms with E-state index in [0.29, 0.717) is 27.4 Å². The zero-order valence-corrected chi connectivity index (χ0v) is 18.5. The van der Waals surface area contributed by atoms with Crippen molar-refractivity contribution in [3.05, 3.63) is 75.0 Å². The molecule has 0 unspecified atom stereocenters. The first kappa shape index (κ1) is 21.9. The molecule has 1 aromatic heterocycles. The van der Waals surface area contributed by atoms with Gasteiger partial charge in [0.2, 0.25) is 11.8 Å². The normalized spacial score (nSPS) is 14.9. The van der Waals surface area contributed by atoms with Crippen molar-refractivity contribution < 1.29 is 14.3 Å². The molecule has 0 saturated heterocycles. The molecule has 3 aromatic rings. The number of halogens is 1. The van der Waals surface area contributed by atoms with Gasteiger partial charge < -0.3 is 20.4 Å². The van der Waals surface area contributed by atoms with Gasteiger partial charge in [0.1, 0.15) is 11.6 Å². The third kappa shape index (κ3) is 4.79. The van der Waals surface area contributed by atoms with Crippen molar-refractivity contribution in [3.63, 3.8) is 0 Å². The molecule has 2 amide bonds. The maximum Gasteiger partial charge on any atom is 0.257 e. The van der Waals surface area contributed by atoms with Crippen molar-refractivity contribution in [3.8, 4) is 5.75 Å². The highest BCUT2D eigenvalue weighted by Crippen LogP contribution is 2.31. The lowest BCUT2D eigenvalue weighted by molar-refractivity contribution is -0.123. The van der Waals surface area contributed by atoms with Crippen LogP contribution in [0.3, 0.4) is 0 Å². The number of thioether (sulfide) groups is 1. The summed E-state index contributed by atoms with van der Waals surface area (Å²) in [7, 11) is 1.55. The maximum absolute atomic E-state index is 12.9. The molecule has 8 nitrogen and oxygen atoms in total. The van der Waals surface area contributed by atoms with Gasteiger partial charge in [-0.3, -0.25) is 14.4 Å². The van der Waals surface area contributed by atoms with Gasteiger partial charge in [-0.2, -0.15) is 0 Å². The summed E-state index contributed by atoms with van der Waals surface area (Å²) in [5, 5.41) is 6.29. The Morgan fingerprint density at radius 1 is 1.22 bits per heavy atom. The average Bonchev–Trinajstić information content (AvgIpc) is 2.78. The third-order valence-corrected chi connectivity index (χ3v) is 6.22. The molecule has 0 fully saturated rings. The Labute approximate surface area is 192 Å². The molecule has 0 bridgehead atoms. The molecule has 1 aliphatic rings. The lowest BCUT2D eigenvalue weighted by Crippen LogP contribution is -2.36. The molecule has 1 aliphatic heterocycles. The van der Waals surface area contributed by atoms with Crippen molar-refractivity contribution in [1.82, 2.24) is 9.97 Å². The largest absolute Gasteiger partial charge is 0.497 e. The molecule has 10 heteroatoms. The fourth-order valence-corrected chi connectivity index (χ4v) is 4.45. The number of aromatic amines is 1. The first-order valence-corrected chi connectivity index (χ1v) is 11.1. The Hall–Kier alpha value is -3.30. The Balaban J connectivity index is 1.56. The third-order valence-electron chi connectivity index (χ3n) is 4.93. The number of aromatic nitrogens is 2. The fourth-order valence-electron chi connectivity index (χ4n) is 3.31. The van der Waals surface area contributed by atoms with Crippen LogP contribution in [-0.2, 0) is 15.3 Å². The topological polar surface area (TPSA) is 113 Å². The second kappa shape index (κ2) is 9.46. The molecule has 0 radical (unpaired) electrons. The van der Waals surface area contributed by atoms with Crippen molar-refractivity contribution in [1.29, 1.82) is 0 Å². The Morgan fingerprint density at radius 3 is 2.69 bits per heavy atom. The molecule has 32 heavy (non-hydrogen) atoms. The Kier molecular flexibility index (Phi) is 6.48. The Bertz CT molecular complexity index is 1230. The van der Waals surface area contributed by atoms with E-state index in [-0.39, 0.29) is 23.7 Å². The zero-order chi connectivity index (χ0) is 22.7. The molecule has 1 atom stereocenters. The van der Waals surface area contributed by atoms with E-state index in [1.165, 1.54) is 11.8 Å². The number of hydrogen-bond acceptors (Lipinski definition) is 6. The number of fused-ring (bicyclic) bond motifs is 1. The summed E-state index contributed by atoms with van der Waals surface area (Å²) in [5.41, 5.74) is 1.09. The van der Waals surface area contributed by atoms with Crippen LogP contribution in [0.15, 0.2) is 58.5 Å².